The number of allylic oxidation sites excluding steroid dienone is 2. The molecule has 1 aliphatic carbocycles. The minimum absolute atomic E-state index is 0.139. The molecule has 56 heavy (non-hydrogen) atoms. The van der Waals surface area contributed by atoms with Crippen LogP contribution >= 0.6 is 34.3 Å². The fourth-order valence-corrected chi connectivity index (χ4v) is 9.70. The number of benzene rings is 1. The third-order valence-corrected chi connectivity index (χ3v) is 12.9. The van der Waals surface area contributed by atoms with Gasteiger partial charge in [-0.15, -0.1) is 22.7 Å². The molecule has 7 N–H and O–H groups in total. The first-order chi connectivity index (χ1) is 27.0. The van der Waals surface area contributed by atoms with Crippen molar-refractivity contribution < 1.29 is 44.3 Å². The lowest BCUT2D eigenvalue weighted by molar-refractivity contribution is -0.123. The number of likely N-dealkylation sites (tertiary alicyclic amines) is 1. The van der Waals surface area contributed by atoms with E-state index in [0.29, 0.717) is 36.5 Å². The topological polar surface area (TPSA) is 190 Å². The Bertz CT molecular complexity index is 1850. The summed E-state index contributed by atoms with van der Waals surface area (Å²) in [5.74, 6) is 0.245. The minimum atomic E-state index is -0.992. The number of hydrogen-bond acceptors (Lipinski definition) is 12. The predicted molar refractivity (Wildman–Crippen MR) is 217 cm³/mol. The van der Waals surface area contributed by atoms with Crippen molar-refractivity contribution in [1.29, 1.82) is 0 Å². The van der Waals surface area contributed by atoms with Gasteiger partial charge in [0.25, 0.3) is 12.4 Å². The maximum atomic E-state index is 13.0. The summed E-state index contributed by atoms with van der Waals surface area (Å²) >= 11 is 9.39. The largest absolute Gasteiger partial charge is 0.506 e. The van der Waals surface area contributed by atoms with Gasteiger partial charge in [0.1, 0.15) is 22.8 Å². The Morgan fingerprint density at radius 1 is 1.18 bits per heavy atom. The van der Waals surface area contributed by atoms with Gasteiger partial charge >= 0.3 is 0 Å². The lowest BCUT2D eigenvalue weighted by Crippen LogP contribution is -2.53. The molecule has 2 amide bonds. The zero-order chi connectivity index (χ0) is 40.3. The second-order valence-electron chi connectivity index (χ2n) is 14.0. The number of carbonyl (C=O) groups excluding carboxylic acids is 2. The molecule has 302 valence electrons. The van der Waals surface area contributed by atoms with Gasteiger partial charge in [-0.1, -0.05) is 29.8 Å². The van der Waals surface area contributed by atoms with Crippen molar-refractivity contribution >= 4 is 58.2 Å². The number of carboxylic acid groups (broad SMARTS) is 1. The fourth-order valence-electron chi connectivity index (χ4n) is 7.68. The summed E-state index contributed by atoms with van der Waals surface area (Å²) in [6.07, 6.45) is 6.98. The summed E-state index contributed by atoms with van der Waals surface area (Å²) in [7, 11) is 1.53. The number of hydrogen-bond donors (Lipinski definition) is 7. The Morgan fingerprint density at radius 2 is 1.84 bits per heavy atom. The van der Waals surface area contributed by atoms with E-state index >= 15 is 0 Å². The highest BCUT2D eigenvalue weighted by atomic mass is 35.5. The van der Waals surface area contributed by atoms with Crippen LogP contribution in [0.1, 0.15) is 60.4 Å². The lowest BCUT2D eigenvalue weighted by atomic mass is 9.53. The second kappa shape index (κ2) is 19.8. The Balaban J connectivity index is 0.00000194. The van der Waals surface area contributed by atoms with E-state index in [1.807, 2.05) is 35.9 Å². The molecule has 3 aromatic rings. The zero-order valence-electron chi connectivity index (χ0n) is 31.3. The lowest BCUT2D eigenvalue weighted by Gasteiger charge is -2.56. The number of phenols is 1. The first-order valence-corrected chi connectivity index (χ1v) is 20.5. The number of piperidine rings is 1. The summed E-state index contributed by atoms with van der Waals surface area (Å²) in [5, 5.41) is 52.7. The number of rotatable bonds is 15. The molecule has 3 aliphatic rings. The van der Waals surface area contributed by atoms with Gasteiger partial charge in [-0.3, -0.25) is 14.4 Å². The molecule has 2 aromatic heterocycles. The quantitative estimate of drug-likeness (QED) is 0.0433. The Hall–Kier alpha value is -4.22. The molecular weight excluding hydrogens is 780 g/mol. The number of aromatic hydroxyl groups is 1. The highest BCUT2D eigenvalue weighted by molar-refractivity contribution is 7.11. The van der Waals surface area contributed by atoms with Crippen LogP contribution in [0.3, 0.4) is 0 Å². The summed E-state index contributed by atoms with van der Waals surface area (Å²) in [6.45, 7) is 4.36. The summed E-state index contributed by atoms with van der Waals surface area (Å²) in [5.41, 5.74) is 2.36. The van der Waals surface area contributed by atoms with E-state index in [-0.39, 0.29) is 60.0 Å². The number of anilines is 1. The molecule has 1 saturated carbocycles. The molecule has 1 atom stereocenters. The highest BCUT2D eigenvalue weighted by Gasteiger charge is 2.55. The normalized spacial score (nSPS) is 18.1. The Morgan fingerprint density at radius 3 is 2.41 bits per heavy atom. The van der Waals surface area contributed by atoms with Crippen LogP contribution in [0.25, 0.3) is 0 Å². The number of phenolic OH excluding ortho intramolecular Hbond substituents is 1. The molecule has 1 spiro atoms. The van der Waals surface area contributed by atoms with Gasteiger partial charge in [0.15, 0.2) is 12.4 Å². The average molecular weight is 829 g/mol. The van der Waals surface area contributed by atoms with E-state index in [9.17, 15) is 24.9 Å². The smallest absolute Gasteiger partial charge is 0.290 e. The number of nitrogens with one attached hydrogen (secondary N) is 3. The molecule has 16 heteroatoms. The van der Waals surface area contributed by atoms with Crippen molar-refractivity contribution in [3.05, 3.63) is 97.2 Å². The minimum Gasteiger partial charge on any atom is -0.506 e. The SMILES string of the molecule is C\C=C(CNCC(O)c1ccc(O)c2c1OCC(=O)N2)/C(=C\C(=C\Cl)NC(=O)CCN1CCC2(CC1)CC(C(O)(c1cccs1)c1cccs1)C2)OC.O=CO. The Labute approximate surface area is 339 Å². The average Bonchev–Trinajstić information content (AvgIpc) is 3.94. The fraction of sp³-hybridized carbons (Fsp3) is 0.425. The van der Waals surface area contributed by atoms with E-state index < -0.39 is 11.7 Å². The maximum Gasteiger partial charge on any atom is 0.290 e. The van der Waals surface area contributed by atoms with E-state index in [2.05, 4.69) is 33.0 Å². The van der Waals surface area contributed by atoms with Crippen molar-refractivity contribution in [2.24, 2.45) is 11.3 Å². The van der Waals surface area contributed by atoms with Crippen LogP contribution in [0.15, 0.2) is 81.9 Å². The van der Waals surface area contributed by atoms with Crippen LogP contribution in [0.5, 0.6) is 11.5 Å². The van der Waals surface area contributed by atoms with Crippen LogP contribution in [0.2, 0.25) is 0 Å². The summed E-state index contributed by atoms with van der Waals surface area (Å²) in [4.78, 5) is 37.5. The molecule has 2 aliphatic heterocycles. The summed E-state index contributed by atoms with van der Waals surface area (Å²) in [6, 6.07) is 11.1. The molecule has 1 unspecified atom stereocenters. The predicted octanol–water partition coefficient (Wildman–Crippen LogP) is 5.66. The van der Waals surface area contributed by atoms with Crippen LogP contribution in [-0.2, 0) is 24.7 Å². The number of ether oxygens (including phenoxy) is 2. The molecule has 0 bridgehead atoms. The van der Waals surface area contributed by atoms with Gasteiger partial charge in [-0.25, -0.2) is 0 Å². The Kier molecular flexibility index (Phi) is 15.2. The van der Waals surface area contributed by atoms with Gasteiger partial charge in [-0.2, -0.15) is 0 Å². The number of nitrogens with zero attached hydrogens (tertiary/aromatic N) is 1. The molecule has 13 nitrogen and oxygen atoms in total. The van der Waals surface area contributed by atoms with E-state index in [0.717, 1.165) is 54.1 Å². The highest BCUT2D eigenvalue weighted by Crippen LogP contribution is 2.60. The molecule has 4 heterocycles. The number of methoxy groups -OCH3 is 1. The van der Waals surface area contributed by atoms with Crippen LogP contribution in [0.4, 0.5) is 5.69 Å². The number of amides is 2. The molecule has 1 aromatic carbocycles. The van der Waals surface area contributed by atoms with Crippen molar-refractivity contribution in [3.8, 4) is 11.5 Å². The number of aliphatic hydroxyl groups is 2. The molecule has 2 fully saturated rings. The summed E-state index contributed by atoms with van der Waals surface area (Å²) < 4.78 is 11.1. The van der Waals surface area contributed by atoms with Gasteiger partial charge < -0.3 is 50.8 Å². The molecular formula is C40H49ClN4O9S2. The zero-order valence-corrected chi connectivity index (χ0v) is 33.7. The van der Waals surface area contributed by atoms with Gasteiger partial charge in [-0.05, 0) is 92.1 Å². The number of thiophene rings is 2. The number of halogens is 1. The van der Waals surface area contributed by atoms with Gasteiger partial charge in [0.05, 0.1) is 18.9 Å². The van der Waals surface area contributed by atoms with Crippen molar-refractivity contribution in [2.75, 3.05) is 51.8 Å². The van der Waals surface area contributed by atoms with Crippen LogP contribution < -0.4 is 20.7 Å². The first-order valence-electron chi connectivity index (χ1n) is 18.3. The monoisotopic (exact) mass is 828 g/mol. The van der Waals surface area contributed by atoms with E-state index in [4.69, 9.17) is 31.0 Å². The van der Waals surface area contributed by atoms with E-state index in [1.54, 1.807) is 34.8 Å². The number of carbonyl (C=O) groups is 3. The number of aliphatic hydroxyl groups excluding tert-OH is 1. The van der Waals surface area contributed by atoms with Crippen LogP contribution in [0, 0.1) is 11.3 Å². The molecule has 1 saturated heterocycles. The van der Waals surface area contributed by atoms with Crippen molar-refractivity contribution in [2.45, 2.75) is 50.7 Å². The van der Waals surface area contributed by atoms with Gasteiger partial charge in [0.2, 0.25) is 5.91 Å². The maximum absolute atomic E-state index is 13.0. The number of fused-ring (bicyclic) bond motifs is 1. The molecule has 6 rings (SSSR count). The first kappa shape index (κ1) is 42.9. The molecule has 0 radical (unpaired) electrons. The van der Waals surface area contributed by atoms with Crippen molar-refractivity contribution in [3.63, 3.8) is 0 Å². The second-order valence-corrected chi connectivity index (χ2v) is 16.1. The third kappa shape index (κ3) is 10.0. The van der Waals surface area contributed by atoms with Gasteiger partial charge in [0, 0.05) is 58.6 Å². The standard InChI is InChI=1S/C39H47ClN4O7S2.CH2O2/c1-3-25(22-41-23-30(46)28-8-9-29(45)36-37(28)51-24-35(48)43-36)31(50-2)18-27(21-40)42-34(47)10-13-44-14-11-38(12-15-44)19-26(20-38)39(49,32-6-4-16-52-32)33-7-5-17-53-33;2-1-3/h3-9,16-18,21,26,30,41,45-46,49H,10-15,19-20,22-24H2,1-2H3,(H,42,47)(H,43,48);1H,(H,2,3)/b25-3-,27-21-,31-18+;. The van der Waals surface area contributed by atoms with Crippen LogP contribution in [-0.4, -0.2) is 90.1 Å². The van der Waals surface area contributed by atoms with Crippen molar-refractivity contribution in [1.82, 2.24) is 15.5 Å². The van der Waals surface area contributed by atoms with E-state index in [1.165, 1.54) is 18.7 Å². The third-order valence-electron chi connectivity index (χ3n) is 10.7.